The second-order valence-electron chi connectivity index (χ2n) is 3.49. The normalized spacial score (nSPS) is 10.0. The Kier molecular flexibility index (Phi) is 18.7. The van der Waals surface area contributed by atoms with Crippen LogP contribution in [0.4, 0.5) is 0 Å². The van der Waals surface area contributed by atoms with E-state index in [4.69, 9.17) is 11.5 Å². The SMILES string of the molecule is C.NCCCNCCCCNCCCN. The van der Waals surface area contributed by atoms with E-state index in [0.717, 1.165) is 52.1 Å². The van der Waals surface area contributed by atoms with Crippen molar-refractivity contribution in [1.82, 2.24) is 10.6 Å². The first-order valence-corrected chi connectivity index (χ1v) is 5.73. The lowest BCUT2D eigenvalue weighted by Gasteiger charge is -2.04. The van der Waals surface area contributed by atoms with Gasteiger partial charge in [0, 0.05) is 0 Å². The van der Waals surface area contributed by atoms with E-state index in [0.29, 0.717) is 0 Å². The Bertz CT molecular complexity index is 86.6. The van der Waals surface area contributed by atoms with Crippen molar-refractivity contribution in [1.29, 1.82) is 0 Å². The molecule has 15 heavy (non-hydrogen) atoms. The highest BCUT2D eigenvalue weighted by Crippen LogP contribution is 1.84. The van der Waals surface area contributed by atoms with Crippen molar-refractivity contribution in [2.45, 2.75) is 33.1 Å². The zero-order valence-corrected chi connectivity index (χ0v) is 9.23. The minimum atomic E-state index is 0. The average molecular weight is 218 g/mol. The van der Waals surface area contributed by atoms with Gasteiger partial charge in [-0.1, -0.05) is 7.43 Å². The van der Waals surface area contributed by atoms with E-state index < -0.39 is 0 Å². The van der Waals surface area contributed by atoms with Crippen LogP contribution < -0.4 is 22.1 Å². The zero-order valence-electron chi connectivity index (χ0n) is 9.23. The van der Waals surface area contributed by atoms with Crippen LogP contribution in [0.25, 0.3) is 0 Å². The van der Waals surface area contributed by atoms with E-state index in [1.807, 2.05) is 0 Å². The first-order chi connectivity index (χ1) is 6.91. The summed E-state index contributed by atoms with van der Waals surface area (Å²) < 4.78 is 0. The molecule has 0 bridgehead atoms. The van der Waals surface area contributed by atoms with Crippen LogP contribution in [0, 0.1) is 0 Å². The molecule has 4 nitrogen and oxygen atoms in total. The first kappa shape index (κ1) is 17.2. The van der Waals surface area contributed by atoms with Crippen molar-refractivity contribution >= 4 is 0 Å². The van der Waals surface area contributed by atoms with Gasteiger partial charge in [-0.25, -0.2) is 0 Å². The first-order valence-electron chi connectivity index (χ1n) is 5.73. The molecule has 0 saturated heterocycles. The molecule has 0 radical (unpaired) electrons. The molecule has 0 unspecified atom stereocenters. The fourth-order valence-electron chi connectivity index (χ4n) is 1.20. The third kappa shape index (κ3) is 16.5. The molecule has 0 fully saturated rings. The summed E-state index contributed by atoms with van der Waals surface area (Å²) in [4.78, 5) is 0. The fraction of sp³-hybridized carbons (Fsp3) is 1.00. The van der Waals surface area contributed by atoms with Gasteiger partial charge in [0.05, 0.1) is 0 Å². The second kappa shape index (κ2) is 16.3. The summed E-state index contributed by atoms with van der Waals surface area (Å²) in [6, 6.07) is 0. The van der Waals surface area contributed by atoms with Crippen molar-refractivity contribution in [3.8, 4) is 0 Å². The predicted molar refractivity (Wildman–Crippen MR) is 69.0 cm³/mol. The zero-order chi connectivity index (χ0) is 10.5. The Hall–Kier alpha value is -0.160. The maximum Gasteiger partial charge on any atom is -0.00369 e. The summed E-state index contributed by atoms with van der Waals surface area (Å²) in [6.07, 6.45) is 4.63. The van der Waals surface area contributed by atoms with Gasteiger partial charge < -0.3 is 22.1 Å². The van der Waals surface area contributed by atoms with E-state index in [2.05, 4.69) is 10.6 Å². The summed E-state index contributed by atoms with van der Waals surface area (Å²) in [7, 11) is 0. The number of nitrogens with two attached hydrogens (primary N) is 2. The standard InChI is InChI=1S/C10H26N4.CH4/c11-5-3-9-13-7-1-2-8-14-10-4-6-12;/h13-14H,1-12H2;1H4. The molecule has 6 N–H and O–H groups in total. The van der Waals surface area contributed by atoms with Gasteiger partial charge in [-0.3, -0.25) is 0 Å². The maximum atomic E-state index is 5.38. The van der Waals surface area contributed by atoms with Gasteiger partial charge in [0.25, 0.3) is 0 Å². The number of rotatable bonds is 11. The van der Waals surface area contributed by atoms with Gasteiger partial charge >= 0.3 is 0 Å². The van der Waals surface area contributed by atoms with Gasteiger partial charge in [-0.2, -0.15) is 0 Å². The average Bonchev–Trinajstić information content (AvgIpc) is 2.21. The highest BCUT2D eigenvalue weighted by atomic mass is 14.9. The van der Waals surface area contributed by atoms with E-state index in [9.17, 15) is 0 Å². The quantitative estimate of drug-likeness (QED) is 0.376. The molecule has 0 heterocycles. The van der Waals surface area contributed by atoms with E-state index >= 15 is 0 Å². The minimum absolute atomic E-state index is 0. The molecule has 0 saturated carbocycles. The third-order valence-electron chi connectivity index (χ3n) is 2.07. The van der Waals surface area contributed by atoms with Crippen molar-refractivity contribution in [2.24, 2.45) is 11.5 Å². The summed E-state index contributed by atoms with van der Waals surface area (Å²) in [6.45, 7) is 5.90. The molecule has 0 rings (SSSR count). The molecule has 0 aliphatic heterocycles. The highest BCUT2D eigenvalue weighted by molar-refractivity contribution is 4.52. The Labute approximate surface area is 95.2 Å². The smallest absolute Gasteiger partial charge is 0.00369 e. The summed E-state index contributed by atoms with van der Waals surface area (Å²) in [5, 5.41) is 6.72. The number of nitrogens with one attached hydrogen (secondary N) is 2. The molecular formula is C11H30N4. The Morgan fingerprint density at radius 1 is 0.600 bits per heavy atom. The number of hydrogen-bond donors (Lipinski definition) is 4. The van der Waals surface area contributed by atoms with Crippen LogP contribution in [-0.4, -0.2) is 39.3 Å². The minimum Gasteiger partial charge on any atom is -0.330 e. The van der Waals surface area contributed by atoms with Gasteiger partial charge in [-0.05, 0) is 65.0 Å². The summed E-state index contributed by atoms with van der Waals surface area (Å²) >= 11 is 0. The topological polar surface area (TPSA) is 76.1 Å². The van der Waals surface area contributed by atoms with E-state index in [1.54, 1.807) is 0 Å². The molecule has 0 aromatic heterocycles. The van der Waals surface area contributed by atoms with E-state index in [-0.39, 0.29) is 7.43 Å². The van der Waals surface area contributed by atoms with Crippen molar-refractivity contribution < 1.29 is 0 Å². The molecule has 0 aromatic rings. The van der Waals surface area contributed by atoms with Crippen LogP contribution in [0.5, 0.6) is 0 Å². The molecule has 4 heteroatoms. The van der Waals surface area contributed by atoms with Gasteiger partial charge in [0.1, 0.15) is 0 Å². The Balaban J connectivity index is 0. The van der Waals surface area contributed by atoms with Crippen LogP contribution in [0.2, 0.25) is 0 Å². The Morgan fingerprint density at radius 3 is 1.27 bits per heavy atom. The summed E-state index contributed by atoms with van der Waals surface area (Å²) in [5.74, 6) is 0. The lowest BCUT2D eigenvalue weighted by molar-refractivity contribution is 0.570. The molecule has 0 spiro atoms. The molecule has 0 aliphatic carbocycles. The van der Waals surface area contributed by atoms with E-state index in [1.165, 1.54) is 12.8 Å². The van der Waals surface area contributed by atoms with Crippen LogP contribution in [0.15, 0.2) is 0 Å². The largest absolute Gasteiger partial charge is 0.330 e. The van der Waals surface area contributed by atoms with Crippen molar-refractivity contribution in [3.63, 3.8) is 0 Å². The molecule has 0 amide bonds. The van der Waals surface area contributed by atoms with Crippen molar-refractivity contribution in [2.75, 3.05) is 39.3 Å². The molecule has 0 aliphatic rings. The number of hydrogen-bond acceptors (Lipinski definition) is 4. The van der Waals surface area contributed by atoms with Crippen LogP contribution in [0.1, 0.15) is 33.1 Å². The van der Waals surface area contributed by atoms with Gasteiger partial charge in [0.15, 0.2) is 0 Å². The Morgan fingerprint density at radius 2 is 0.933 bits per heavy atom. The maximum absolute atomic E-state index is 5.38. The highest BCUT2D eigenvalue weighted by Gasteiger charge is 1.89. The molecule has 94 valence electrons. The van der Waals surface area contributed by atoms with Crippen LogP contribution in [0.3, 0.4) is 0 Å². The summed E-state index contributed by atoms with van der Waals surface area (Å²) in [5.41, 5.74) is 10.8. The predicted octanol–water partition coefficient (Wildman–Crippen LogP) is 0.280. The van der Waals surface area contributed by atoms with Gasteiger partial charge in [-0.15, -0.1) is 0 Å². The lowest BCUT2D eigenvalue weighted by Crippen LogP contribution is -2.22. The fourth-order valence-corrected chi connectivity index (χ4v) is 1.20. The van der Waals surface area contributed by atoms with Crippen LogP contribution in [-0.2, 0) is 0 Å². The van der Waals surface area contributed by atoms with Crippen LogP contribution >= 0.6 is 0 Å². The molecular weight excluding hydrogens is 188 g/mol. The number of unbranched alkanes of at least 4 members (excludes halogenated alkanes) is 1. The second-order valence-corrected chi connectivity index (χ2v) is 3.49. The van der Waals surface area contributed by atoms with Crippen molar-refractivity contribution in [3.05, 3.63) is 0 Å². The van der Waals surface area contributed by atoms with Gasteiger partial charge in [0.2, 0.25) is 0 Å². The monoisotopic (exact) mass is 218 g/mol. The molecule has 0 atom stereocenters. The third-order valence-corrected chi connectivity index (χ3v) is 2.07. The molecule has 0 aromatic carbocycles. The lowest BCUT2D eigenvalue weighted by atomic mass is 10.3.